The van der Waals surface area contributed by atoms with E-state index in [1.54, 1.807) is 11.3 Å². The van der Waals surface area contributed by atoms with Gasteiger partial charge in [-0.1, -0.05) is 36.1 Å². The van der Waals surface area contributed by atoms with Crippen LogP contribution in [0.2, 0.25) is 0 Å². The van der Waals surface area contributed by atoms with Gasteiger partial charge in [0.2, 0.25) is 0 Å². The molecule has 0 aliphatic heterocycles. The molecule has 0 fully saturated rings. The van der Waals surface area contributed by atoms with Gasteiger partial charge in [-0.15, -0.1) is 11.3 Å². The normalized spacial score (nSPS) is 10.1. The van der Waals surface area contributed by atoms with Gasteiger partial charge in [-0.05, 0) is 23.1 Å². The van der Waals surface area contributed by atoms with Crippen LogP contribution in [0.15, 0.2) is 41.8 Å². The van der Waals surface area contributed by atoms with Crippen molar-refractivity contribution < 1.29 is 9.84 Å². The summed E-state index contributed by atoms with van der Waals surface area (Å²) in [7, 11) is 0. The minimum Gasteiger partial charge on any atom is -0.395 e. The monoisotopic (exact) mass is 286 g/mol. The molecule has 0 aliphatic carbocycles. The fraction of sp³-hybridized carbons (Fsp3) is 0.294. The van der Waals surface area contributed by atoms with Gasteiger partial charge in [0.25, 0.3) is 0 Å². The molecule has 3 heteroatoms. The molecule has 0 atom stereocenters. The number of hydrogen-bond acceptors (Lipinski definition) is 3. The maximum absolute atomic E-state index is 8.75. The lowest BCUT2D eigenvalue weighted by Crippen LogP contribution is -1.99. The van der Waals surface area contributed by atoms with Crippen molar-refractivity contribution in [3.8, 4) is 11.8 Å². The maximum Gasteiger partial charge on any atom is 0.0729 e. The number of rotatable bonds is 6. The van der Waals surface area contributed by atoms with Crippen LogP contribution in [0.3, 0.4) is 0 Å². The Morgan fingerprint density at radius 1 is 1.15 bits per heavy atom. The van der Waals surface area contributed by atoms with Crippen LogP contribution in [0.5, 0.6) is 0 Å². The van der Waals surface area contributed by atoms with Crippen molar-refractivity contribution in [1.82, 2.24) is 0 Å². The van der Waals surface area contributed by atoms with Crippen LogP contribution in [-0.4, -0.2) is 18.3 Å². The van der Waals surface area contributed by atoms with E-state index >= 15 is 0 Å². The first-order chi connectivity index (χ1) is 9.90. The van der Waals surface area contributed by atoms with Crippen LogP contribution < -0.4 is 0 Å². The van der Waals surface area contributed by atoms with E-state index in [1.165, 1.54) is 4.88 Å². The average molecular weight is 286 g/mol. The van der Waals surface area contributed by atoms with Crippen LogP contribution in [-0.2, 0) is 17.8 Å². The summed E-state index contributed by atoms with van der Waals surface area (Å²) in [6, 6.07) is 12.2. The molecule has 1 aromatic carbocycles. The van der Waals surface area contributed by atoms with Crippen LogP contribution in [0.25, 0.3) is 0 Å². The molecule has 104 valence electrons. The highest BCUT2D eigenvalue weighted by molar-refractivity contribution is 7.09. The van der Waals surface area contributed by atoms with E-state index in [4.69, 9.17) is 9.84 Å². The third kappa shape index (κ3) is 4.82. The van der Waals surface area contributed by atoms with E-state index in [0.717, 1.165) is 24.2 Å². The lowest BCUT2D eigenvalue weighted by Gasteiger charge is -2.06. The summed E-state index contributed by atoms with van der Waals surface area (Å²) in [5.74, 6) is 6.03. The zero-order valence-electron chi connectivity index (χ0n) is 11.3. The second-order valence-electron chi connectivity index (χ2n) is 4.31. The smallest absolute Gasteiger partial charge is 0.0729 e. The molecular weight excluding hydrogens is 268 g/mol. The highest BCUT2D eigenvalue weighted by Crippen LogP contribution is 2.11. The average Bonchev–Trinajstić information content (AvgIpc) is 2.98. The van der Waals surface area contributed by atoms with Gasteiger partial charge in [-0.3, -0.25) is 0 Å². The molecule has 0 saturated heterocycles. The summed E-state index contributed by atoms with van der Waals surface area (Å²) in [5.41, 5.74) is 2.08. The summed E-state index contributed by atoms with van der Waals surface area (Å²) in [6.07, 6.45) is 1.46. The Kier molecular flexibility index (Phi) is 6.33. The second kappa shape index (κ2) is 8.55. The third-order valence-corrected chi connectivity index (χ3v) is 3.74. The lowest BCUT2D eigenvalue weighted by molar-refractivity contribution is 0.124. The maximum atomic E-state index is 8.75. The first-order valence-corrected chi connectivity index (χ1v) is 7.56. The predicted octanol–water partition coefficient (Wildman–Crippen LogP) is 3.24. The minimum absolute atomic E-state index is 0.104. The molecule has 0 unspecified atom stereocenters. The van der Waals surface area contributed by atoms with Crippen LogP contribution in [0, 0.1) is 11.8 Å². The Morgan fingerprint density at radius 3 is 2.85 bits per heavy atom. The number of aliphatic hydroxyl groups excluding tert-OH is 1. The Morgan fingerprint density at radius 2 is 2.05 bits per heavy atom. The van der Waals surface area contributed by atoms with Crippen molar-refractivity contribution in [3.63, 3.8) is 0 Å². The molecule has 0 spiro atoms. The molecule has 20 heavy (non-hydrogen) atoms. The van der Waals surface area contributed by atoms with Crippen LogP contribution >= 0.6 is 11.3 Å². The van der Waals surface area contributed by atoms with E-state index in [9.17, 15) is 0 Å². The summed E-state index contributed by atoms with van der Waals surface area (Å²) in [6.45, 7) is 1.40. The molecule has 2 rings (SSSR count). The van der Waals surface area contributed by atoms with Crippen LogP contribution in [0.4, 0.5) is 0 Å². The highest BCUT2D eigenvalue weighted by atomic mass is 32.1. The Hall–Kier alpha value is -1.60. The van der Waals surface area contributed by atoms with Crippen molar-refractivity contribution in [3.05, 3.63) is 57.8 Å². The zero-order chi connectivity index (χ0) is 14.0. The topological polar surface area (TPSA) is 29.5 Å². The van der Waals surface area contributed by atoms with E-state index < -0.39 is 0 Å². The van der Waals surface area contributed by atoms with E-state index in [-0.39, 0.29) is 6.61 Å². The molecule has 1 N–H and O–H groups in total. The predicted molar refractivity (Wildman–Crippen MR) is 82.7 cm³/mol. The van der Waals surface area contributed by atoms with Gasteiger partial charge in [-0.2, -0.15) is 0 Å². The fourth-order valence-electron chi connectivity index (χ4n) is 1.79. The van der Waals surface area contributed by atoms with Gasteiger partial charge < -0.3 is 9.84 Å². The Bertz CT molecular complexity index is 564. The quantitative estimate of drug-likeness (QED) is 0.652. The summed E-state index contributed by atoms with van der Waals surface area (Å²) in [4.78, 5) is 1.35. The van der Waals surface area contributed by atoms with Gasteiger partial charge >= 0.3 is 0 Å². The molecule has 2 nitrogen and oxygen atoms in total. The highest BCUT2D eigenvalue weighted by Gasteiger charge is 2.00. The van der Waals surface area contributed by atoms with Crippen molar-refractivity contribution in [2.75, 3.05) is 13.2 Å². The molecule has 2 aromatic rings. The summed E-state index contributed by atoms with van der Waals surface area (Å²) >= 11 is 1.76. The number of benzene rings is 1. The molecular formula is C17H18O2S. The summed E-state index contributed by atoms with van der Waals surface area (Å²) in [5, 5.41) is 10.8. The van der Waals surface area contributed by atoms with E-state index in [1.807, 2.05) is 24.3 Å². The number of aliphatic hydroxyl groups is 1. The Balaban J connectivity index is 1.84. The van der Waals surface area contributed by atoms with Crippen molar-refractivity contribution >= 4 is 11.3 Å². The van der Waals surface area contributed by atoms with Crippen molar-refractivity contribution in [1.29, 1.82) is 0 Å². The number of thiophene rings is 1. The molecule has 1 heterocycles. The number of ether oxygens (including phenoxy) is 1. The van der Waals surface area contributed by atoms with Gasteiger partial charge in [0.05, 0.1) is 19.8 Å². The third-order valence-electron chi connectivity index (χ3n) is 2.81. The van der Waals surface area contributed by atoms with E-state index in [0.29, 0.717) is 13.0 Å². The number of hydrogen-bond donors (Lipinski definition) is 1. The SMILES string of the molecule is OCCC#Cc1ccccc1COCCc1cccs1. The fourth-order valence-corrected chi connectivity index (χ4v) is 2.48. The molecule has 0 amide bonds. The zero-order valence-corrected chi connectivity index (χ0v) is 12.2. The summed E-state index contributed by atoms with van der Waals surface area (Å²) < 4.78 is 5.73. The standard InChI is InChI=1S/C17H18O2S/c18-11-4-3-7-15-6-1-2-8-16(15)14-19-12-10-17-9-5-13-20-17/h1-2,5-6,8-9,13,18H,4,10-12,14H2. The molecule has 1 aromatic heterocycles. The van der Waals surface area contributed by atoms with Gasteiger partial charge in [-0.25, -0.2) is 0 Å². The first-order valence-electron chi connectivity index (χ1n) is 6.68. The molecule has 0 aliphatic rings. The minimum atomic E-state index is 0.104. The van der Waals surface area contributed by atoms with Gasteiger partial charge in [0.1, 0.15) is 0 Å². The van der Waals surface area contributed by atoms with Gasteiger partial charge in [0.15, 0.2) is 0 Å². The van der Waals surface area contributed by atoms with Gasteiger partial charge in [0, 0.05) is 23.3 Å². The van der Waals surface area contributed by atoms with Crippen LogP contribution in [0.1, 0.15) is 22.4 Å². The molecule has 0 bridgehead atoms. The molecule has 0 saturated carbocycles. The molecule has 0 radical (unpaired) electrons. The van der Waals surface area contributed by atoms with E-state index in [2.05, 4.69) is 29.4 Å². The Labute approximate surface area is 124 Å². The second-order valence-corrected chi connectivity index (χ2v) is 5.35. The first kappa shape index (κ1) is 14.8. The van der Waals surface area contributed by atoms with Crippen molar-refractivity contribution in [2.24, 2.45) is 0 Å². The van der Waals surface area contributed by atoms with Crippen molar-refractivity contribution in [2.45, 2.75) is 19.4 Å². The lowest BCUT2D eigenvalue weighted by atomic mass is 10.1. The largest absolute Gasteiger partial charge is 0.395 e.